The van der Waals surface area contributed by atoms with Gasteiger partial charge in [-0.1, -0.05) is 191 Å². The third kappa shape index (κ3) is 4.93. The zero-order valence-electron chi connectivity index (χ0n) is 8.61. The van der Waals surface area contributed by atoms with E-state index in [1.54, 1.807) is 0 Å². The molecule has 12 heteroatoms. The number of halogens is 12. The van der Waals surface area contributed by atoms with Crippen molar-refractivity contribution < 1.29 is 0 Å². The van der Waals surface area contributed by atoms with Crippen LogP contribution in [0.4, 0.5) is 0 Å². The molecule has 0 aromatic carbocycles. The number of alkyl halides is 12. The quantitative estimate of drug-likeness (QED) is 0.241. The molecule has 0 aliphatic heterocycles. The smallest absolute Gasteiger partial charge is 0.0739 e. The second kappa shape index (κ2) is 8.19. The zero-order chi connectivity index (χ0) is 16.1. The first-order valence-corrected chi connectivity index (χ1v) is 13.9. The van der Waals surface area contributed by atoms with Gasteiger partial charge in [0.15, 0.2) is 0 Å². The number of hydrogen-bond acceptors (Lipinski definition) is 0. The van der Waals surface area contributed by atoms with Gasteiger partial charge in [0.25, 0.3) is 0 Å². The van der Waals surface area contributed by atoms with Gasteiger partial charge in [-0.15, -0.1) is 0 Å². The summed E-state index contributed by atoms with van der Waals surface area (Å²) >= 11 is 43.8. The summed E-state index contributed by atoms with van der Waals surface area (Å²) in [5.74, 6) is 0. The Hall–Kier alpha value is 5.76. The minimum atomic E-state index is -0.714. The molecule has 116 valence electrons. The second-order valence-electron chi connectivity index (χ2n) is 3.54. The first-order valence-electron chi connectivity index (χ1n) is 4.11. The molecule has 0 atom stereocenters. The van der Waals surface area contributed by atoms with Gasteiger partial charge in [-0.3, -0.25) is 0 Å². The van der Waals surface area contributed by atoms with Crippen LogP contribution in [-0.4, -0.2) is 19.9 Å². The van der Waals surface area contributed by atoms with Gasteiger partial charge in [0.1, 0.15) is 16.2 Å². The van der Waals surface area contributed by atoms with Gasteiger partial charge < -0.3 is 0 Å². The third-order valence-electron chi connectivity index (χ3n) is 2.03. The fourth-order valence-electron chi connectivity index (χ4n) is 0.819. The fraction of sp³-hybridized carbons (Fsp3) is 1.00. The summed E-state index contributed by atoms with van der Waals surface area (Å²) in [5, 5.41) is 0. The predicted molar refractivity (Wildman–Crippen MR) is 130 cm³/mol. The molecule has 0 unspecified atom stereocenters. The highest BCUT2D eigenvalue weighted by atomic mass is 79.9. The molecule has 0 N–H and O–H groups in total. The summed E-state index contributed by atoms with van der Waals surface area (Å²) in [4.78, 5) is 0. The number of rotatable bonds is 5. The SMILES string of the molecule is CC(Br)(Br)C(Br)(Br)C(Br)(Br)C(Br)(Br)C(Br)(Br)C(Br)Br. The maximum atomic E-state index is 3.73. The van der Waals surface area contributed by atoms with E-state index in [1.807, 2.05) is 6.92 Å². The summed E-state index contributed by atoms with van der Waals surface area (Å²) in [7, 11) is 0. The topological polar surface area (TPSA) is 0 Å². The highest BCUT2D eigenvalue weighted by Gasteiger charge is 2.69. The Labute approximate surface area is 213 Å². The number of hydrogen-bond donors (Lipinski definition) is 0. The Kier molecular flexibility index (Phi) is 10.7. The van der Waals surface area contributed by atoms with Crippen LogP contribution >= 0.6 is 191 Å². The fourth-order valence-corrected chi connectivity index (χ4v) is 10.2. The van der Waals surface area contributed by atoms with Gasteiger partial charge in [0.05, 0.1) is 3.74 Å². The minimum Gasteiger partial charge on any atom is -0.0739 e. The van der Waals surface area contributed by atoms with Crippen molar-refractivity contribution in [2.75, 3.05) is 0 Å². The van der Waals surface area contributed by atoms with E-state index in [0.717, 1.165) is 0 Å². The van der Waals surface area contributed by atoms with Crippen LogP contribution in [-0.2, 0) is 0 Å². The average molecular weight is 1050 g/mol. The van der Waals surface area contributed by atoms with Gasteiger partial charge in [0, 0.05) is 0 Å². The molecule has 0 aromatic rings. The van der Waals surface area contributed by atoms with Crippen LogP contribution in [0.5, 0.6) is 0 Å². The van der Waals surface area contributed by atoms with Crippen LogP contribution < -0.4 is 0 Å². The van der Waals surface area contributed by atoms with E-state index in [2.05, 4.69) is 191 Å². The van der Waals surface area contributed by atoms with E-state index in [9.17, 15) is 0 Å². The molecule has 0 nitrogen and oxygen atoms in total. The van der Waals surface area contributed by atoms with Crippen molar-refractivity contribution in [2.24, 2.45) is 0 Å². The monoisotopic (exact) mass is 1040 g/mol. The van der Waals surface area contributed by atoms with Gasteiger partial charge in [-0.05, 0) is 6.92 Å². The van der Waals surface area contributed by atoms with Crippen molar-refractivity contribution in [1.82, 2.24) is 0 Å². The molecule has 0 aliphatic rings. The molecule has 0 aromatic heterocycles. The lowest BCUT2D eigenvalue weighted by Gasteiger charge is -2.52. The summed E-state index contributed by atoms with van der Waals surface area (Å²) in [6.45, 7) is 1.97. The largest absolute Gasteiger partial charge is 0.135 e. The molecule has 0 heterocycles. The van der Waals surface area contributed by atoms with Crippen LogP contribution in [0.15, 0.2) is 0 Å². The Balaban J connectivity index is 5.92. The van der Waals surface area contributed by atoms with Crippen molar-refractivity contribution in [3.8, 4) is 0 Å². The first kappa shape index (κ1) is 24.8. The lowest BCUT2D eigenvalue weighted by Crippen LogP contribution is -2.61. The Bertz CT molecular complexity index is 323. The third-order valence-corrected chi connectivity index (χ3v) is 25.3. The van der Waals surface area contributed by atoms with Crippen LogP contribution in [0.25, 0.3) is 0 Å². The highest BCUT2D eigenvalue weighted by molar-refractivity contribution is 9.36. The zero-order valence-corrected chi connectivity index (χ0v) is 27.6. The van der Waals surface area contributed by atoms with E-state index in [4.69, 9.17) is 0 Å². The predicted octanol–water partition coefficient (Wildman–Crippen LogP) is 9.55. The Morgan fingerprint density at radius 2 is 0.895 bits per heavy atom. The second-order valence-corrected chi connectivity index (χ2v) is 24.7. The molecular formula is C7H4Br12. The van der Waals surface area contributed by atoms with Crippen molar-refractivity contribution in [1.29, 1.82) is 0 Å². The van der Waals surface area contributed by atoms with Gasteiger partial charge in [-0.25, -0.2) is 0 Å². The lowest BCUT2D eigenvalue weighted by molar-refractivity contribution is 0.644. The summed E-state index contributed by atoms with van der Waals surface area (Å²) in [5.41, 5.74) is 0. The van der Waals surface area contributed by atoms with Gasteiger partial charge in [-0.2, -0.15) is 0 Å². The van der Waals surface area contributed by atoms with Crippen molar-refractivity contribution in [3.05, 3.63) is 0 Å². The highest BCUT2D eigenvalue weighted by Crippen LogP contribution is 2.71. The molecule has 0 aliphatic carbocycles. The van der Waals surface area contributed by atoms with Crippen molar-refractivity contribution in [2.45, 2.75) is 26.8 Å². The van der Waals surface area contributed by atoms with Crippen molar-refractivity contribution in [3.63, 3.8) is 0 Å². The molecule has 0 radical (unpaired) electrons. The molecule has 0 saturated heterocycles. The minimum absolute atomic E-state index is 0.0894. The molecular weight excluding hydrogens is 1040 g/mol. The van der Waals surface area contributed by atoms with Crippen LogP contribution in [0.3, 0.4) is 0 Å². The van der Waals surface area contributed by atoms with Crippen LogP contribution in [0, 0.1) is 0 Å². The standard InChI is InChI=1S/C7H4Br12/c1-3(10,11)5(14,15)7(18,19)6(16,17)4(12,13)2(8)9/h2H,1H3. The maximum absolute atomic E-state index is 3.73. The van der Waals surface area contributed by atoms with E-state index in [-0.39, 0.29) is 3.74 Å². The van der Waals surface area contributed by atoms with Crippen molar-refractivity contribution >= 4 is 191 Å². The summed E-state index contributed by atoms with van der Waals surface area (Å²) in [6, 6.07) is 0. The van der Waals surface area contributed by atoms with E-state index < -0.39 is 16.2 Å². The molecule has 0 saturated carbocycles. The first-order chi connectivity index (χ1) is 7.94. The molecule has 0 amide bonds. The molecule has 0 bridgehead atoms. The lowest BCUT2D eigenvalue weighted by atomic mass is 10.1. The molecule has 0 rings (SSSR count). The van der Waals surface area contributed by atoms with Crippen LogP contribution in [0.2, 0.25) is 0 Å². The van der Waals surface area contributed by atoms with E-state index >= 15 is 0 Å². The Morgan fingerprint density at radius 1 is 0.579 bits per heavy atom. The van der Waals surface area contributed by atoms with E-state index in [0.29, 0.717) is 0 Å². The van der Waals surface area contributed by atoms with Crippen LogP contribution in [0.1, 0.15) is 6.92 Å². The van der Waals surface area contributed by atoms with E-state index in [1.165, 1.54) is 0 Å². The summed E-state index contributed by atoms with van der Waals surface area (Å²) < 4.78 is -3.22. The van der Waals surface area contributed by atoms with Gasteiger partial charge in [0.2, 0.25) is 0 Å². The maximum Gasteiger partial charge on any atom is 0.135 e. The van der Waals surface area contributed by atoms with Gasteiger partial charge >= 0.3 is 0 Å². The molecule has 0 spiro atoms. The molecule has 19 heavy (non-hydrogen) atoms. The molecule has 0 fully saturated rings. The average Bonchev–Trinajstić information content (AvgIpc) is 2.14. The normalized spacial score (nSPS) is 16.1. The Morgan fingerprint density at radius 3 is 1.11 bits per heavy atom. The summed E-state index contributed by atoms with van der Waals surface area (Å²) in [6.07, 6.45) is 0.